The average molecular weight is 554 g/mol. The molecule has 0 bridgehead atoms. The topological polar surface area (TPSA) is 129 Å². The molecule has 0 saturated carbocycles. The zero-order valence-corrected chi connectivity index (χ0v) is 23.4. The minimum Gasteiger partial charge on any atom is -0.361 e. The molecule has 0 spiro atoms. The average Bonchev–Trinajstić information content (AvgIpc) is 3.35. The molecule has 2 amide bonds. The summed E-state index contributed by atoms with van der Waals surface area (Å²) in [7, 11) is -3.64. The molecule has 9 nitrogen and oxygen atoms in total. The van der Waals surface area contributed by atoms with Crippen LogP contribution < -0.4 is 11.1 Å². The third kappa shape index (κ3) is 7.26. The third-order valence-electron chi connectivity index (χ3n) is 7.30. The number of aromatic amines is 1. The number of carbonyl (C=O) groups is 2. The van der Waals surface area contributed by atoms with Crippen LogP contribution in [0.5, 0.6) is 0 Å². The number of nitrogens with two attached hydrogens (primary N) is 1. The summed E-state index contributed by atoms with van der Waals surface area (Å²) in [6, 6.07) is 13.9. The number of carbonyl (C=O) groups excluding carboxylic acids is 2. The molecule has 1 saturated heterocycles. The number of amides is 2. The Labute approximate surface area is 230 Å². The lowest BCUT2D eigenvalue weighted by Crippen LogP contribution is -2.56. The third-order valence-corrected chi connectivity index (χ3v) is 9.21. The van der Waals surface area contributed by atoms with E-state index in [1.165, 1.54) is 4.31 Å². The van der Waals surface area contributed by atoms with Crippen LogP contribution in [0.1, 0.15) is 43.2 Å². The van der Waals surface area contributed by atoms with E-state index in [4.69, 9.17) is 5.73 Å². The van der Waals surface area contributed by atoms with Crippen LogP contribution in [0.25, 0.3) is 10.9 Å². The van der Waals surface area contributed by atoms with Gasteiger partial charge >= 0.3 is 0 Å². The Balaban J connectivity index is 1.43. The van der Waals surface area contributed by atoms with Crippen LogP contribution in [-0.2, 0) is 26.0 Å². The number of nitrogens with zero attached hydrogens (tertiary/aromatic N) is 2. The van der Waals surface area contributed by atoms with Crippen LogP contribution in [0.4, 0.5) is 0 Å². The van der Waals surface area contributed by atoms with Crippen molar-refractivity contribution in [2.75, 3.05) is 32.7 Å². The summed E-state index contributed by atoms with van der Waals surface area (Å²) < 4.78 is 27.7. The van der Waals surface area contributed by atoms with E-state index in [0.29, 0.717) is 19.4 Å². The fraction of sp³-hybridized carbons (Fsp3) is 0.448. The summed E-state index contributed by atoms with van der Waals surface area (Å²) in [6.45, 7) is 3.50. The molecule has 4 rings (SSSR count). The van der Waals surface area contributed by atoms with Crippen molar-refractivity contribution >= 4 is 32.7 Å². The zero-order valence-electron chi connectivity index (χ0n) is 22.6. The number of piperazine rings is 1. The predicted molar refractivity (Wildman–Crippen MR) is 153 cm³/mol. The van der Waals surface area contributed by atoms with Crippen molar-refractivity contribution in [1.82, 2.24) is 19.5 Å². The van der Waals surface area contributed by atoms with Gasteiger partial charge in [0.25, 0.3) is 0 Å². The van der Waals surface area contributed by atoms with Gasteiger partial charge in [-0.3, -0.25) is 9.59 Å². The SMILES string of the molecule is Cc1ccc(S(=O)(=O)N2CCN(C(=O)C(Cc3c[nH]c4ccccc34)NC(=O)CCCCCCN)CC2)cc1. The smallest absolute Gasteiger partial charge is 0.245 e. The summed E-state index contributed by atoms with van der Waals surface area (Å²) in [4.78, 5) is 31.7. The number of para-hydroxylation sites is 1. The highest BCUT2D eigenvalue weighted by molar-refractivity contribution is 7.89. The van der Waals surface area contributed by atoms with Gasteiger partial charge in [0, 0.05) is 56.1 Å². The van der Waals surface area contributed by atoms with Gasteiger partial charge in [-0.2, -0.15) is 4.31 Å². The van der Waals surface area contributed by atoms with E-state index < -0.39 is 16.1 Å². The fourth-order valence-corrected chi connectivity index (χ4v) is 6.42. The van der Waals surface area contributed by atoms with E-state index in [1.807, 2.05) is 37.4 Å². The zero-order chi connectivity index (χ0) is 27.8. The quantitative estimate of drug-likeness (QED) is 0.297. The van der Waals surface area contributed by atoms with E-state index >= 15 is 0 Å². The first-order valence-corrected chi connectivity index (χ1v) is 15.1. The number of benzene rings is 2. The molecule has 3 aromatic rings. The molecule has 2 heterocycles. The van der Waals surface area contributed by atoms with E-state index in [0.717, 1.165) is 47.7 Å². The van der Waals surface area contributed by atoms with Gasteiger partial charge in [-0.25, -0.2) is 8.42 Å². The first kappa shape index (κ1) is 28.8. The number of H-pyrrole nitrogens is 1. The fourth-order valence-electron chi connectivity index (χ4n) is 5.00. The lowest BCUT2D eigenvalue weighted by atomic mass is 10.0. The Morgan fingerprint density at radius 3 is 2.38 bits per heavy atom. The van der Waals surface area contributed by atoms with Crippen LogP contribution in [0.3, 0.4) is 0 Å². The molecule has 10 heteroatoms. The molecule has 2 aromatic carbocycles. The number of sulfonamides is 1. The van der Waals surface area contributed by atoms with E-state index in [1.54, 1.807) is 29.2 Å². The van der Waals surface area contributed by atoms with Crippen molar-refractivity contribution in [1.29, 1.82) is 0 Å². The minimum atomic E-state index is -3.64. The van der Waals surface area contributed by atoms with Gasteiger partial charge in [-0.15, -0.1) is 0 Å². The molecule has 39 heavy (non-hydrogen) atoms. The second-order valence-corrected chi connectivity index (χ2v) is 12.1. The normalized spacial score (nSPS) is 15.4. The van der Waals surface area contributed by atoms with Crippen LogP contribution >= 0.6 is 0 Å². The van der Waals surface area contributed by atoms with Gasteiger partial charge in [-0.1, -0.05) is 48.7 Å². The molecule has 0 radical (unpaired) electrons. The van der Waals surface area contributed by atoms with Crippen molar-refractivity contribution < 1.29 is 18.0 Å². The van der Waals surface area contributed by atoms with Crippen molar-refractivity contribution in [2.24, 2.45) is 5.73 Å². The van der Waals surface area contributed by atoms with Crippen molar-refractivity contribution in [3.8, 4) is 0 Å². The van der Waals surface area contributed by atoms with Gasteiger partial charge in [0.15, 0.2) is 0 Å². The lowest BCUT2D eigenvalue weighted by molar-refractivity contribution is -0.137. The van der Waals surface area contributed by atoms with Crippen LogP contribution in [0.2, 0.25) is 0 Å². The van der Waals surface area contributed by atoms with Crippen molar-refractivity contribution in [2.45, 2.75) is 56.4 Å². The second kappa shape index (κ2) is 13.2. The number of hydrogen-bond donors (Lipinski definition) is 3. The molecule has 0 aliphatic carbocycles. The highest BCUT2D eigenvalue weighted by atomic mass is 32.2. The maximum absolute atomic E-state index is 13.7. The number of unbranched alkanes of at least 4 members (excludes halogenated alkanes) is 3. The number of rotatable bonds is 12. The van der Waals surface area contributed by atoms with Crippen LogP contribution in [0, 0.1) is 6.92 Å². The van der Waals surface area contributed by atoms with E-state index in [9.17, 15) is 18.0 Å². The second-order valence-electron chi connectivity index (χ2n) is 10.2. The molecule has 1 atom stereocenters. The number of nitrogens with one attached hydrogen (secondary N) is 2. The van der Waals surface area contributed by atoms with Gasteiger partial charge in [0.05, 0.1) is 4.90 Å². The van der Waals surface area contributed by atoms with Gasteiger partial charge in [-0.05, 0) is 50.1 Å². The standard InChI is InChI=1S/C29H39N5O4S/c1-22-11-13-24(14-12-22)39(37,38)34-18-16-33(17-19-34)29(36)27(32-28(35)10-4-2-3-7-15-30)20-23-21-31-26-9-6-5-8-25(23)26/h5-6,8-9,11-14,21,27,31H,2-4,7,10,15-20,30H2,1H3,(H,32,35). The summed E-state index contributed by atoms with van der Waals surface area (Å²) in [6.07, 6.45) is 6.18. The Morgan fingerprint density at radius 1 is 0.974 bits per heavy atom. The highest BCUT2D eigenvalue weighted by Crippen LogP contribution is 2.22. The Hall–Kier alpha value is -3.21. The first-order chi connectivity index (χ1) is 18.8. The minimum absolute atomic E-state index is 0.151. The molecule has 4 N–H and O–H groups in total. The molecular weight excluding hydrogens is 514 g/mol. The Kier molecular flexibility index (Phi) is 9.77. The van der Waals surface area contributed by atoms with Gasteiger partial charge in [0.1, 0.15) is 6.04 Å². The summed E-state index contributed by atoms with van der Waals surface area (Å²) >= 11 is 0. The number of fused-ring (bicyclic) bond motifs is 1. The Bertz CT molecular complexity index is 1360. The number of aryl methyl sites for hydroxylation is 1. The number of hydrogen-bond acceptors (Lipinski definition) is 5. The molecule has 1 aliphatic heterocycles. The summed E-state index contributed by atoms with van der Waals surface area (Å²) in [5.74, 6) is -0.342. The summed E-state index contributed by atoms with van der Waals surface area (Å²) in [5.41, 5.74) is 8.46. The Morgan fingerprint density at radius 2 is 1.67 bits per heavy atom. The first-order valence-electron chi connectivity index (χ1n) is 13.7. The molecule has 1 aliphatic rings. The largest absolute Gasteiger partial charge is 0.361 e. The monoisotopic (exact) mass is 553 g/mol. The molecule has 1 fully saturated rings. The predicted octanol–water partition coefficient (Wildman–Crippen LogP) is 2.95. The molecule has 1 unspecified atom stereocenters. The van der Waals surface area contributed by atoms with Crippen molar-refractivity contribution in [3.63, 3.8) is 0 Å². The van der Waals surface area contributed by atoms with Crippen molar-refractivity contribution in [3.05, 3.63) is 65.9 Å². The highest BCUT2D eigenvalue weighted by Gasteiger charge is 2.33. The van der Waals surface area contributed by atoms with E-state index in [2.05, 4.69) is 10.3 Å². The van der Waals surface area contributed by atoms with Crippen LogP contribution in [-0.4, -0.2) is 73.2 Å². The van der Waals surface area contributed by atoms with E-state index in [-0.39, 0.29) is 42.9 Å². The molecule has 210 valence electrons. The van der Waals surface area contributed by atoms with Gasteiger partial charge in [0.2, 0.25) is 21.8 Å². The van der Waals surface area contributed by atoms with Crippen LogP contribution in [0.15, 0.2) is 59.6 Å². The maximum Gasteiger partial charge on any atom is 0.245 e. The maximum atomic E-state index is 13.7. The number of aromatic nitrogens is 1. The molecular formula is C29H39N5O4S. The lowest BCUT2D eigenvalue weighted by Gasteiger charge is -2.36. The molecule has 1 aromatic heterocycles. The van der Waals surface area contributed by atoms with Gasteiger partial charge < -0.3 is 20.9 Å². The summed E-state index contributed by atoms with van der Waals surface area (Å²) in [5, 5.41) is 3.99.